The van der Waals surface area contributed by atoms with Gasteiger partial charge in [-0.3, -0.25) is 4.79 Å². The molecule has 0 radical (unpaired) electrons. The summed E-state index contributed by atoms with van der Waals surface area (Å²) in [5.74, 6) is -0.125. The third kappa shape index (κ3) is 4.29. The lowest BCUT2D eigenvalue weighted by atomic mass is 9.87. The zero-order valence-corrected chi connectivity index (χ0v) is 14.0. The van der Waals surface area contributed by atoms with E-state index in [0.29, 0.717) is 51.8 Å². The Hall–Kier alpha value is -2.57. The van der Waals surface area contributed by atoms with Crippen LogP contribution in [0.2, 0.25) is 0 Å². The van der Waals surface area contributed by atoms with Crippen LogP contribution in [0.3, 0.4) is 0 Å². The number of likely N-dealkylation sites (tertiary alicyclic amines) is 1. The van der Waals surface area contributed by atoms with Crippen LogP contribution in [0.15, 0.2) is 35.5 Å². The first-order valence-corrected chi connectivity index (χ1v) is 8.52. The van der Waals surface area contributed by atoms with Gasteiger partial charge in [0.15, 0.2) is 5.71 Å². The molecule has 0 saturated carbocycles. The van der Waals surface area contributed by atoms with Gasteiger partial charge >= 0.3 is 5.97 Å². The van der Waals surface area contributed by atoms with Gasteiger partial charge in [-0.25, -0.2) is 4.79 Å². The van der Waals surface area contributed by atoms with Gasteiger partial charge in [-0.05, 0) is 18.6 Å². The smallest absolute Gasteiger partial charge is 0.353 e. The molecule has 1 spiro atoms. The fourth-order valence-electron chi connectivity index (χ4n) is 3.16. The Morgan fingerprint density at radius 2 is 1.96 bits per heavy atom. The van der Waals surface area contributed by atoms with Crippen LogP contribution in [-0.4, -0.2) is 52.9 Å². The van der Waals surface area contributed by atoms with Crippen molar-refractivity contribution in [2.75, 3.05) is 19.7 Å². The number of hydrogen-bond donors (Lipinski definition) is 1. The Labute approximate surface area is 146 Å². The van der Waals surface area contributed by atoms with Crippen molar-refractivity contribution in [1.29, 1.82) is 0 Å². The van der Waals surface area contributed by atoms with E-state index in [1.54, 1.807) is 0 Å². The number of rotatable bonds is 6. The largest absolute Gasteiger partial charge is 0.494 e. The maximum Gasteiger partial charge on any atom is 0.353 e. The zero-order chi connectivity index (χ0) is 17.7. The summed E-state index contributed by atoms with van der Waals surface area (Å²) in [7, 11) is 0. The molecule has 3 rings (SSSR count). The lowest BCUT2D eigenvalue weighted by Crippen LogP contribution is -2.47. The van der Waals surface area contributed by atoms with Crippen LogP contribution in [0.4, 0.5) is 0 Å². The third-order valence-electron chi connectivity index (χ3n) is 4.66. The minimum atomic E-state index is -1.03. The molecular weight excluding hydrogens is 324 g/mol. The predicted molar refractivity (Wildman–Crippen MR) is 90.5 cm³/mol. The van der Waals surface area contributed by atoms with Crippen molar-refractivity contribution in [3.05, 3.63) is 30.3 Å². The Morgan fingerprint density at radius 1 is 1.24 bits per heavy atom. The number of benzene rings is 1. The van der Waals surface area contributed by atoms with Gasteiger partial charge in [-0.1, -0.05) is 23.4 Å². The number of carboxylic acid groups (broad SMARTS) is 1. The molecule has 1 amide bonds. The summed E-state index contributed by atoms with van der Waals surface area (Å²) in [5.41, 5.74) is -0.473. The normalized spacial score (nSPS) is 18.6. The highest BCUT2D eigenvalue weighted by atomic mass is 16.7. The van der Waals surface area contributed by atoms with E-state index in [1.807, 2.05) is 35.2 Å². The molecule has 1 saturated heterocycles. The average molecular weight is 346 g/mol. The summed E-state index contributed by atoms with van der Waals surface area (Å²) in [6.07, 6.45) is 2.64. The number of piperidine rings is 1. The van der Waals surface area contributed by atoms with Crippen molar-refractivity contribution in [3.63, 3.8) is 0 Å². The molecule has 0 aromatic heterocycles. The highest BCUT2D eigenvalue weighted by Crippen LogP contribution is 2.34. The molecule has 134 valence electrons. The van der Waals surface area contributed by atoms with Crippen molar-refractivity contribution in [1.82, 2.24) is 4.90 Å². The quantitative estimate of drug-likeness (QED) is 0.797. The lowest BCUT2D eigenvalue weighted by molar-refractivity contribution is -0.137. The van der Waals surface area contributed by atoms with E-state index in [1.165, 1.54) is 0 Å². The highest BCUT2D eigenvalue weighted by molar-refractivity contribution is 6.36. The zero-order valence-electron chi connectivity index (χ0n) is 14.0. The number of oxime groups is 1. The first-order chi connectivity index (χ1) is 12.1. The molecule has 1 aromatic carbocycles. The van der Waals surface area contributed by atoms with Crippen molar-refractivity contribution < 1.29 is 24.3 Å². The van der Waals surface area contributed by atoms with Crippen molar-refractivity contribution in [2.45, 2.75) is 37.7 Å². The van der Waals surface area contributed by atoms with Crippen LogP contribution in [0.5, 0.6) is 5.75 Å². The minimum Gasteiger partial charge on any atom is -0.494 e. The Kier molecular flexibility index (Phi) is 5.21. The number of nitrogens with zero attached hydrogens (tertiary/aromatic N) is 2. The van der Waals surface area contributed by atoms with Crippen LogP contribution < -0.4 is 4.74 Å². The van der Waals surface area contributed by atoms with Gasteiger partial charge in [0.25, 0.3) is 0 Å². The molecule has 7 nitrogen and oxygen atoms in total. The molecule has 0 bridgehead atoms. The second kappa shape index (κ2) is 7.55. The minimum absolute atomic E-state index is 0.0674. The van der Waals surface area contributed by atoms with Gasteiger partial charge in [0.2, 0.25) is 5.91 Å². The summed E-state index contributed by atoms with van der Waals surface area (Å²) < 4.78 is 5.59. The van der Waals surface area contributed by atoms with Gasteiger partial charge in [-0.15, -0.1) is 0 Å². The molecule has 2 aliphatic rings. The van der Waals surface area contributed by atoms with Crippen molar-refractivity contribution >= 4 is 17.6 Å². The average Bonchev–Trinajstić information content (AvgIpc) is 3.04. The molecular formula is C18H22N2O5. The highest BCUT2D eigenvalue weighted by Gasteiger charge is 2.44. The molecule has 2 heterocycles. The van der Waals surface area contributed by atoms with E-state index in [4.69, 9.17) is 14.7 Å². The predicted octanol–water partition coefficient (Wildman–Crippen LogP) is 2.07. The summed E-state index contributed by atoms with van der Waals surface area (Å²) >= 11 is 0. The third-order valence-corrected chi connectivity index (χ3v) is 4.66. The number of para-hydroxylation sites is 1. The van der Waals surface area contributed by atoms with Gasteiger partial charge < -0.3 is 19.6 Å². The first kappa shape index (κ1) is 17.3. The molecule has 0 atom stereocenters. The van der Waals surface area contributed by atoms with E-state index in [9.17, 15) is 9.59 Å². The standard InChI is InChI=1S/C18H22N2O5/c21-16(7-4-12-24-14-5-2-1-3-6-14)20-10-8-18(9-11-20)13-15(17(22)23)19-25-18/h1-3,5-6H,4,7-13H2,(H,22,23). The number of carbonyl (C=O) groups is 2. The van der Waals surface area contributed by atoms with E-state index < -0.39 is 11.6 Å². The summed E-state index contributed by atoms with van der Waals surface area (Å²) in [5, 5.41) is 12.7. The molecule has 0 aliphatic carbocycles. The number of amides is 1. The summed E-state index contributed by atoms with van der Waals surface area (Å²) in [4.78, 5) is 30.4. The van der Waals surface area contributed by atoms with Crippen LogP contribution in [0, 0.1) is 0 Å². The van der Waals surface area contributed by atoms with Gasteiger partial charge in [0.05, 0.1) is 6.61 Å². The molecule has 7 heteroatoms. The Morgan fingerprint density at radius 3 is 2.60 bits per heavy atom. The monoisotopic (exact) mass is 346 g/mol. The maximum atomic E-state index is 12.3. The van der Waals surface area contributed by atoms with E-state index in [2.05, 4.69) is 5.16 Å². The number of ether oxygens (including phenoxy) is 1. The second-order valence-electron chi connectivity index (χ2n) is 6.44. The van der Waals surface area contributed by atoms with E-state index >= 15 is 0 Å². The Balaban J connectivity index is 1.37. The summed E-state index contributed by atoms with van der Waals surface area (Å²) in [6, 6.07) is 9.53. The van der Waals surface area contributed by atoms with Gasteiger partial charge in [-0.2, -0.15) is 0 Å². The van der Waals surface area contributed by atoms with Crippen molar-refractivity contribution in [2.24, 2.45) is 5.16 Å². The van der Waals surface area contributed by atoms with Crippen LogP contribution >= 0.6 is 0 Å². The Bertz CT molecular complexity index is 651. The van der Waals surface area contributed by atoms with Crippen LogP contribution in [-0.2, 0) is 14.4 Å². The topological polar surface area (TPSA) is 88.4 Å². The molecule has 25 heavy (non-hydrogen) atoms. The fourth-order valence-corrected chi connectivity index (χ4v) is 3.16. The lowest BCUT2D eigenvalue weighted by Gasteiger charge is -2.37. The molecule has 1 fully saturated rings. The number of carboxylic acids is 1. The number of aliphatic carboxylic acids is 1. The summed E-state index contributed by atoms with van der Waals surface area (Å²) in [6.45, 7) is 1.65. The molecule has 0 unspecified atom stereocenters. The van der Waals surface area contributed by atoms with Crippen LogP contribution in [0.25, 0.3) is 0 Å². The molecule has 2 aliphatic heterocycles. The molecule has 1 aromatic rings. The molecule has 1 N–H and O–H groups in total. The number of hydrogen-bond acceptors (Lipinski definition) is 5. The SMILES string of the molecule is O=C(O)C1=NOC2(CCN(C(=O)CCCOc3ccccc3)CC2)C1. The van der Waals surface area contributed by atoms with Crippen LogP contribution in [0.1, 0.15) is 32.1 Å². The first-order valence-electron chi connectivity index (χ1n) is 8.52. The fraction of sp³-hybridized carbons (Fsp3) is 0.500. The van der Waals surface area contributed by atoms with E-state index in [0.717, 1.165) is 5.75 Å². The second-order valence-corrected chi connectivity index (χ2v) is 6.44. The van der Waals surface area contributed by atoms with E-state index in [-0.39, 0.29) is 11.6 Å². The van der Waals surface area contributed by atoms with Crippen molar-refractivity contribution in [3.8, 4) is 5.75 Å². The maximum absolute atomic E-state index is 12.3. The number of carbonyl (C=O) groups excluding carboxylic acids is 1. The van der Waals surface area contributed by atoms with Gasteiger partial charge in [0, 0.05) is 38.8 Å². The van der Waals surface area contributed by atoms with Gasteiger partial charge in [0.1, 0.15) is 11.4 Å².